The molecule has 0 spiro atoms. The van der Waals surface area contributed by atoms with Crippen LogP contribution in [-0.4, -0.2) is 16.9 Å². The highest BCUT2D eigenvalue weighted by molar-refractivity contribution is 6.04. The van der Waals surface area contributed by atoms with E-state index in [2.05, 4.69) is 5.32 Å². The minimum Gasteiger partial charge on any atom is -0.507 e. The number of hydrogen-bond donors (Lipinski definition) is 5. The molecule has 0 radical (unpaired) electrons. The Morgan fingerprint density at radius 3 is 1.81 bits per heavy atom. The van der Waals surface area contributed by atoms with Gasteiger partial charge in [-0.2, -0.15) is 0 Å². The number of nitrogens with two attached hydrogens (primary N) is 3. The molecule has 156 valence electrons. The number of primary amides is 1. The maximum atomic E-state index is 11.8. The number of amides is 2. The quantitative estimate of drug-likeness (QED) is 0.324. The van der Waals surface area contributed by atoms with Crippen molar-refractivity contribution in [3.63, 3.8) is 0 Å². The number of hydrogen-bond acceptors (Lipinski definition) is 5. The summed E-state index contributed by atoms with van der Waals surface area (Å²) in [5, 5.41) is 14.0. The Morgan fingerprint density at radius 1 is 0.742 bits per heavy atom. The Kier molecular flexibility index (Phi) is 6.37. The first-order valence-corrected chi connectivity index (χ1v) is 9.37. The van der Waals surface area contributed by atoms with E-state index in [4.69, 9.17) is 17.2 Å². The van der Waals surface area contributed by atoms with Crippen LogP contribution >= 0.6 is 0 Å². The van der Waals surface area contributed by atoms with Crippen molar-refractivity contribution >= 4 is 39.6 Å². The number of fused-ring (bicyclic) bond motifs is 1. The minimum atomic E-state index is -0.617. The van der Waals surface area contributed by atoms with Crippen LogP contribution in [0.4, 0.5) is 17.1 Å². The second kappa shape index (κ2) is 9.32. The maximum absolute atomic E-state index is 11.8. The first kappa shape index (κ1) is 21.2. The molecule has 7 heteroatoms. The first-order chi connectivity index (χ1) is 14.8. The Bertz CT molecular complexity index is 1220. The molecule has 4 aromatic rings. The summed E-state index contributed by atoms with van der Waals surface area (Å²) < 4.78 is 0. The van der Waals surface area contributed by atoms with E-state index >= 15 is 0 Å². The van der Waals surface area contributed by atoms with E-state index in [1.807, 2.05) is 24.3 Å². The predicted molar refractivity (Wildman–Crippen MR) is 124 cm³/mol. The van der Waals surface area contributed by atoms with Crippen molar-refractivity contribution in [2.24, 2.45) is 5.73 Å². The van der Waals surface area contributed by atoms with Crippen LogP contribution in [0, 0.1) is 0 Å². The number of carbonyl (C=O) groups excluding carboxylic acids is 2. The topological polar surface area (TPSA) is 144 Å². The van der Waals surface area contributed by atoms with Crippen molar-refractivity contribution in [3.05, 3.63) is 96.1 Å². The monoisotopic (exact) mass is 414 g/mol. The van der Waals surface area contributed by atoms with Crippen molar-refractivity contribution in [1.82, 2.24) is 0 Å². The first-order valence-electron chi connectivity index (χ1n) is 9.37. The molecule has 0 aromatic heterocycles. The zero-order valence-corrected chi connectivity index (χ0v) is 16.6. The molecule has 8 N–H and O–H groups in total. The summed E-state index contributed by atoms with van der Waals surface area (Å²) in [6, 6.07) is 24.3. The largest absolute Gasteiger partial charge is 0.507 e. The number of aromatic hydroxyl groups is 1. The molecule has 31 heavy (non-hydrogen) atoms. The number of anilines is 3. The van der Waals surface area contributed by atoms with Gasteiger partial charge in [0.2, 0.25) is 0 Å². The third-order valence-corrected chi connectivity index (χ3v) is 4.47. The molecule has 0 saturated heterocycles. The van der Waals surface area contributed by atoms with Crippen LogP contribution in [0.15, 0.2) is 84.9 Å². The van der Waals surface area contributed by atoms with Gasteiger partial charge in [-0.1, -0.05) is 24.3 Å². The lowest BCUT2D eigenvalue weighted by molar-refractivity contribution is 0.0995. The molecular weight excluding hydrogens is 392 g/mol. The molecule has 4 rings (SSSR count). The Morgan fingerprint density at radius 2 is 1.26 bits per heavy atom. The molecule has 0 aliphatic rings. The maximum Gasteiger partial charge on any atom is 0.255 e. The van der Waals surface area contributed by atoms with E-state index in [9.17, 15) is 14.7 Å². The number of benzene rings is 4. The van der Waals surface area contributed by atoms with Crippen molar-refractivity contribution in [3.8, 4) is 5.75 Å². The lowest BCUT2D eigenvalue weighted by Crippen LogP contribution is -2.11. The normalized spacial score (nSPS) is 10.1. The van der Waals surface area contributed by atoms with E-state index < -0.39 is 5.91 Å². The lowest BCUT2D eigenvalue weighted by atomic mass is 10.1. The fourth-order valence-electron chi connectivity index (χ4n) is 2.83. The van der Waals surface area contributed by atoms with E-state index in [1.165, 1.54) is 6.07 Å². The van der Waals surface area contributed by atoms with Gasteiger partial charge >= 0.3 is 0 Å². The van der Waals surface area contributed by atoms with Crippen LogP contribution in [0.2, 0.25) is 0 Å². The number of phenols is 1. The zero-order valence-electron chi connectivity index (χ0n) is 16.6. The highest BCUT2D eigenvalue weighted by Gasteiger charge is 2.08. The van der Waals surface area contributed by atoms with Crippen LogP contribution in [0.25, 0.3) is 10.8 Å². The summed E-state index contributed by atoms with van der Waals surface area (Å²) in [6.07, 6.45) is 0. The Balaban J connectivity index is 0.000000179. The van der Waals surface area contributed by atoms with Gasteiger partial charge in [0.1, 0.15) is 5.75 Å². The summed E-state index contributed by atoms with van der Waals surface area (Å²) >= 11 is 0. The summed E-state index contributed by atoms with van der Waals surface area (Å²) in [5.74, 6) is -0.862. The average Bonchev–Trinajstić information content (AvgIpc) is 2.75. The fourth-order valence-corrected chi connectivity index (χ4v) is 2.83. The van der Waals surface area contributed by atoms with Gasteiger partial charge in [0, 0.05) is 22.6 Å². The van der Waals surface area contributed by atoms with Gasteiger partial charge in [-0.3, -0.25) is 9.59 Å². The van der Waals surface area contributed by atoms with Crippen LogP contribution in [-0.2, 0) is 0 Å². The predicted octanol–water partition coefficient (Wildman–Crippen LogP) is 3.75. The number of carbonyl (C=O) groups is 2. The molecule has 0 aliphatic carbocycles. The van der Waals surface area contributed by atoms with E-state index in [0.717, 1.165) is 10.8 Å². The molecule has 0 atom stereocenters. The molecule has 0 unspecified atom stereocenters. The van der Waals surface area contributed by atoms with Crippen molar-refractivity contribution in [2.45, 2.75) is 0 Å². The second-order valence-corrected chi connectivity index (χ2v) is 6.78. The standard InChI is InChI=1S/C13H13N3O.C11H9NO2/c14-10-3-1-9(2-4-10)13(17)16-12-7-5-11(15)6-8-12;12-11(14)9-5-7-3-1-2-4-8(7)6-10(9)13/h1-8H,14-15H2,(H,16,17);1-6,13H,(H2,12,14). The van der Waals surface area contributed by atoms with Gasteiger partial charge in [-0.25, -0.2) is 0 Å². The summed E-state index contributed by atoms with van der Waals surface area (Å²) in [7, 11) is 0. The molecular formula is C24H22N4O3. The third-order valence-electron chi connectivity index (χ3n) is 4.47. The zero-order chi connectivity index (χ0) is 22.4. The number of nitrogens with one attached hydrogen (secondary N) is 1. The molecule has 0 saturated carbocycles. The van der Waals surface area contributed by atoms with Crippen molar-refractivity contribution < 1.29 is 14.7 Å². The van der Waals surface area contributed by atoms with Gasteiger partial charge < -0.3 is 27.6 Å². The highest BCUT2D eigenvalue weighted by Crippen LogP contribution is 2.24. The summed E-state index contributed by atoms with van der Waals surface area (Å²) in [5.41, 5.74) is 18.9. The summed E-state index contributed by atoms with van der Waals surface area (Å²) in [4.78, 5) is 22.8. The van der Waals surface area contributed by atoms with Crippen molar-refractivity contribution in [2.75, 3.05) is 16.8 Å². The Hall–Kier alpha value is -4.52. The molecule has 0 heterocycles. The molecule has 7 nitrogen and oxygen atoms in total. The van der Waals surface area contributed by atoms with Crippen LogP contribution < -0.4 is 22.5 Å². The molecule has 0 aliphatic heterocycles. The van der Waals surface area contributed by atoms with Gasteiger partial charge in [-0.05, 0) is 71.4 Å². The smallest absolute Gasteiger partial charge is 0.255 e. The molecule has 2 amide bonds. The van der Waals surface area contributed by atoms with Gasteiger partial charge in [0.15, 0.2) is 0 Å². The Labute approximate surface area is 179 Å². The fraction of sp³-hybridized carbons (Fsp3) is 0. The van der Waals surface area contributed by atoms with Crippen LogP contribution in [0.3, 0.4) is 0 Å². The van der Waals surface area contributed by atoms with Gasteiger partial charge in [0.05, 0.1) is 5.56 Å². The third kappa shape index (κ3) is 5.51. The second-order valence-electron chi connectivity index (χ2n) is 6.78. The van der Waals surface area contributed by atoms with E-state index in [1.54, 1.807) is 54.6 Å². The number of nitrogen functional groups attached to an aromatic ring is 2. The number of rotatable bonds is 3. The van der Waals surface area contributed by atoms with E-state index in [-0.39, 0.29) is 17.2 Å². The average molecular weight is 414 g/mol. The highest BCUT2D eigenvalue weighted by atomic mass is 16.3. The van der Waals surface area contributed by atoms with Crippen LogP contribution in [0.5, 0.6) is 5.75 Å². The lowest BCUT2D eigenvalue weighted by Gasteiger charge is -2.05. The minimum absolute atomic E-state index is 0.0730. The van der Waals surface area contributed by atoms with Gasteiger partial charge in [-0.15, -0.1) is 0 Å². The van der Waals surface area contributed by atoms with Crippen LogP contribution in [0.1, 0.15) is 20.7 Å². The van der Waals surface area contributed by atoms with E-state index in [0.29, 0.717) is 22.6 Å². The van der Waals surface area contributed by atoms with Gasteiger partial charge in [0.25, 0.3) is 11.8 Å². The summed E-state index contributed by atoms with van der Waals surface area (Å²) in [6.45, 7) is 0. The molecule has 4 aromatic carbocycles. The molecule has 0 fully saturated rings. The molecule has 0 bridgehead atoms. The SMILES string of the molecule is NC(=O)c1cc2ccccc2cc1O.Nc1ccc(NC(=O)c2ccc(N)cc2)cc1. The van der Waals surface area contributed by atoms with Crippen molar-refractivity contribution in [1.29, 1.82) is 0 Å².